The third-order valence-electron chi connectivity index (χ3n) is 5.91. The first-order chi connectivity index (χ1) is 14.8. The molecule has 2 aromatic rings. The van der Waals surface area contributed by atoms with E-state index < -0.39 is 10.5 Å². The molecule has 1 aromatic heterocycles. The van der Waals surface area contributed by atoms with Gasteiger partial charge in [0.2, 0.25) is 5.91 Å². The van der Waals surface area contributed by atoms with Gasteiger partial charge in [0.25, 0.3) is 5.91 Å². The Morgan fingerprint density at radius 2 is 1.81 bits per heavy atom. The van der Waals surface area contributed by atoms with Crippen molar-refractivity contribution in [1.82, 2.24) is 20.4 Å². The van der Waals surface area contributed by atoms with Crippen molar-refractivity contribution in [3.8, 4) is 0 Å². The molecule has 0 aliphatic heterocycles. The first kappa shape index (κ1) is 22.5. The van der Waals surface area contributed by atoms with Crippen LogP contribution in [-0.2, 0) is 11.3 Å². The summed E-state index contributed by atoms with van der Waals surface area (Å²) >= 11 is 0. The fraction of sp³-hybridized carbons (Fsp3) is 0.500. The van der Waals surface area contributed by atoms with Crippen molar-refractivity contribution in [1.29, 1.82) is 0 Å². The molecule has 2 amide bonds. The number of hydrogen-bond acceptors (Lipinski definition) is 5. The zero-order valence-corrected chi connectivity index (χ0v) is 18.2. The molecule has 166 valence electrons. The van der Waals surface area contributed by atoms with E-state index >= 15 is 0 Å². The second-order valence-electron chi connectivity index (χ2n) is 8.09. The quantitative estimate of drug-likeness (QED) is 0.520. The highest BCUT2D eigenvalue weighted by molar-refractivity contribution is 5.99. The van der Waals surface area contributed by atoms with Crippen molar-refractivity contribution in [3.63, 3.8) is 0 Å². The number of benzene rings is 1. The predicted molar refractivity (Wildman–Crippen MR) is 116 cm³/mol. The zero-order valence-electron chi connectivity index (χ0n) is 18.2. The number of nitrogens with one attached hydrogen (secondary N) is 2. The third-order valence-corrected chi connectivity index (χ3v) is 5.91. The molecule has 2 N–H and O–H groups in total. The number of aryl methyl sites for hydroxylation is 1. The summed E-state index contributed by atoms with van der Waals surface area (Å²) in [5.41, 5.74) is 1.38. The van der Waals surface area contributed by atoms with Gasteiger partial charge in [0.15, 0.2) is 0 Å². The Bertz CT molecular complexity index is 975. The molecule has 9 nitrogen and oxygen atoms in total. The van der Waals surface area contributed by atoms with Crippen LogP contribution in [0.4, 0.5) is 5.69 Å². The highest BCUT2D eigenvalue weighted by Crippen LogP contribution is 2.29. The molecule has 1 aliphatic carbocycles. The molecule has 0 atom stereocenters. The topological polar surface area (TPSA) is 119 Å². The number of nitrogens with zero attached hydrogens (tertiary/aromatic N) is 3. The number of aromatic nitrogens is 2. The van der Waals surface area contributed by atoms with Crippen molar-refractivity contribution in [2.45, 2.75) is 65.0 Å². The number of carbonyl (C=O) groups is 2. The Kier molecular flexibility index (Phi) is 6.72. The van der Waals surface area contributed by atoms with Gasteiger partial charge in [-0.3, -0.25) is 24.4 Å². The molecule has 1 fully saturated rings. The summed E-state index contributed by atoms with van der Waals surface area (Å²) in [6.45, 7) is 6.04. The molecule has 0 spiro atoms. The van der Waals surface area contributed by atoms with Gasteiger partial charge in [-0.25, -0.2) is 0 Å². The fourth-order valence-corrected chi connectivity index (χ4v) is 4.22. The van der Waals surface area contributed by atoms with Gasteiger partial charge in [-0.1, -0.05) is 31.4 Å². The van der Waals surface area contributed by atoms with Crippen LogP contribution < -0.4 is 10.6 Å². The molecule has 0 unspecified atom stereocenters. The standard InChI is InChI=1S/C22H29N5O4/c1-4-23-21(29)22(12-6-5-7-13-22)24-20(28)18-10-8-17(9-11-18)14-26-16(3)19(27(30)31)15(2)25-26/h8-11H,4-7,12-14H2,1-3H3,(H,23,29)(H,24,28). The largest absolute Gasteiger partial charge is 0.354 e. The number of likely N-dealkylation sites (N-methyl/N-ethyl adjacent to an activating group) is 1. The SMILES string of the molecule is CCNC(=O)C1(NC(=O)c2ccc(Cn3nc(C)c([N+](=O)[O-])c3C)cc2)CCCCC1. The van der Waals surface area contributed by atoms with E-state index in [2.05, 4.69) is 15.7 Å². The normalized spacial score (nSPS) is 15.3. The van der Waals surface area contributed by atoms with Gasteiger partial charge in [0.1, 0.15) is 16.9 Å². The van der Waals surface area contributed by atoms with Gasteiger partial charge in [0.05, 0.1) is 11.5 Å². The minimum absolute atomic E-state index is 0.0270. The summed E-state index contributed by atoms with van der Waals surface area (Å²) in [6, 6.07) is 7.02. The highest BCUT2D eigenvalue weighted by Gasteiger charge is 2.40. The number of rotatable bonds is 7. The van der Waals surface area contributed by atoms with Crippen LogP contribution in [0, 0.1) is 24.0 Å². The lowest BCUT2D eigenvalue weighted by molar-refractivity contribution is -0.386. The molecule has 3 rings (SSSR count). The second-order valence-corrected chi connectivity index (χ2v) is 8.09. The molecule has 0 radical (unpaired) electrons. The Morgan fingerprint density at radius 1 is 1.16 bits per heavy atom. The van der Waals surface area contributed by atoms with Gasteiger partial charge in [-0.05, 0) is 51.3 Å². The summed E-state index contributed by atoms with van der Waals surface area (Å²) in [7, 11) is 0. The average molecular weight is 428 g/mol. The molecule has 1 aromatic carbocycles. The van der Waals surface area contributed by atoms with Gasteiger partial charge >= 0.3 is 5.69 Å². The highest BCUT2D eigenvalue weighted by atomic mass is 16.6. The molecule has 1 aliphatic rings. The van der Waals surface area contributed by atoms with E-state index in [1.54, 1.807) is 42.8 Å². The lowest BCUT2D eigenvalue weighted by atomic mass is 9.80. The van der Waals surface area contributed by atoms with Gasteiger partial charge in [0, 0.05) is 12.1 Å². The van der Waals surface area contributed by atoms with Crippen LogP contribution in [0.1, 0.15) is 66.3 Å². The van der Waals surface area contributed by atoms with Gasteiger partial charge < -0.3 is 10.6 Å². The molecule has 9 heteroatoms. The van der Waals surface area contributed by atoms with E-state index in [9.17, 15) is 19.7 Å². The van der Waals surface area contributed by atoms with Crippen molar-refractivity contribution in [2.75, 3.05) is 6.54 Å². The van der Waals surface area contributed by atoms with Crippen molar-refractivity contribution >= 4 is 17.5 Å². The van der Waals surface area contributed by atoms with Crippen LogP contribution in [0.2, 0.25) is 0 Å². The molecule has 1 saturated carbocycles. The number of amides is 2. The first-order valence-electron chi connectivity index (χ1n) is 10.7. The van der Waals surface area contributed by atoms with E-state index in [1.165, 1.54) is 0 Å². The minimum atomic E-state index is -0.855. The Labute approximate surface area is 181 Å². The fourth-order valence-electron chi connectivity index (χ4n) is 4.22. The maximum absolute atomic E-state index is 12.9. The van der Waals surface area contributed by atoms with E-state index in [4.69, 9.17) is 0 Å². The van der Waals surface area contributed by atoms with Crippen LogP contribution in [0.3, 0.4) is 0 Å². The van der Waals surface area contributed by atoms with E-state index in [1.807, 2.05) is 6.92 Å². The van der Waals surface area contributed by atoms with Crippen molar-refractivity contribution in [2.24, 2.45) is 0 Å². The van der Waals surface area contributed by atoms with Crippen LogP contribution >= 0.6 is 0 Å². The summed E-state index contributed by atoms with van der Waals surface area (Å²) in [4.78, 5) is 36.3. The average Bonchev–Trinajstić information content (AvgIpc) is 3.02. The Hall–Kier alpha value is -3.23. The van der Waals surface area contributed by atoms with E-state index in [0.29, 0.717) is 42.9 Å². The van der Waals surface area contributed by atoms with Crippen molar-refractivity contribution < 1.29 is 14.5 Å². The molecular weight excluding hydrogens is 398 g/mol. The molecule has 0 saturated heterocycles. The monoisotopic (exact) mass is 427 g/mol. The molecular formula is C22H29N5O4. The summed E-state index contributed by atoms with van der Waals surface area (Å²) < 4.78 is 1.59. The predicted octanol–water partition coefficient (Wildman–Crippen LogP) is 3.03. The van der Waals surface area contributed by atoms with Crippen LogP contribution in [0.25, 0.3) is 0 Å². The van der Waals surface area contributed by atoms with Crippen LogP contribution in [-0.4, -0.2) is 38.6 Å². The summed E-state index contributed by atoms with van der Waals surface area (Å²) in [5.74, 6) is -0.396. The summed E-state index contributed by atoms with van der Waals surface area (Å²) in [5, 5.41) is 21.3. The zero-order chi connectivity index (χ0) is 22.6. The lowest BCUT2D eigenvalue weighted by Gasteiger charge is -2.36. The minimum Gasteiger partial charge on any atom is -0.354 e. The lowest BCUT2D eigenvalue weighted by Crippen LogP contribution is -2.59. The molecule has 0 bridgehead atoms. The van der Waals surface area contributed by atoms with Gasteiger partial charge in [-0.15, -0.1) is 0 Å². The Morgan fingerprint density at radius 3 is 2.35 bits per heavy atom. The maximum atomic E-state index is 12.9. The van der Waals surface area contributed by atoms with Crippen LogP contribution in [0.5, 0.6) is 0 Å². The van der Waals surface area contributed by atoms with Crippen LogP contribution in [0.15, 0.2) is 24.3 Å². The third kappa shape index (κ3) is 4.76. The number of carbonyl (C=O) groups excluding carboxylic acids is 2. The number of hydrogen-bond donors (Lipinski definition) is 2. The van der Waals surface area contributed by atoms with E-state index in [-0.39, 0.29) is 17.5 Å². The summed E-state index contributed by atoms with van der Waals surface area (Å²) in [6.07, 6.45) is 4.16. The van der Waals surface area contributed by atoms with Crippen molar-refractivity contribution in [3.05, 3.63) is 56.9 Å². The van der Waals surface area contributed by atoms with E-state index in [0.717, 1.165) is 24.8 Å². The second kappa shape index (κ2) is 9.28. The molecule has 31 heavy (non-hydrogen) atoms. The smallest absolute Gasteiger partial charge is 0.312 e. The van der Waals surface area contributed by atoms with Gasteiger partial charge in [-0.2, -0.15) is 5.10 Å². The maximum Gasteiger partial charge on any atom is 0.312 e. The molecule has 1 heterocycles. The first-order valence-corrected chi connectivity index (χ1v) is 10.7. The number of nitro groups is 1. The Balaban J connectivity index is 1.73.